The van der Waals surface area contributed by atoms with Gasteiger partial charge in [0.15, 0.2) is 0 Å². The van der Waals surface area contributed by atoms with Crippen LogP contribution >= 0.6 is 0 Å². The molecule has 0 atom stereocenters. The normalized spacial score (nSPS) is 5.77. The van der Waals surface area contributed by atoms with Crippen molar-refractivity contribution < 1.29 is 29.7 Å². The minimum absolute atomic E-state index is 0. The van der Waals surface area contributed by atoms with Gasteiger partial charge in [-0.25, -0.2) is 0 Å². The van der Waals surface area contributed by atoms with E-state index < -0.39 is 17.9 Å². The number of rotatable bonds is 0. The van der Waals surface area contributed by atoms with Gasteiger partial charge in [0.05, 0.1) is 0 Å². The van der Waals surface area contributed by atoms with E-state index in [0.29, 0.717) is 0 Å². The molecular weight excluding hydrogens is 430 g/mol. The molecular formula is C6H9LrO6-3. The first-order chi connectivity index (χ1) is 5.20. The molecule has 0 rings (SSSR count). The summed E-state index contributed by atoms with van der Waals surface area (Å²) in [7, 11) is 0. The molecule has 0 bridgehead atoms. The minimum Gasteiger partial charge on any atom is -0.550 e. The second-order valence-electron chi connectivity index (χ2n) is 1.47. The zero-order valence-electron chi connectivity index (χ0n) is 7.21. The molecule has 0 heterocycles. The predicted octanol–water partition coefficient (Wildman–Crippen LogP) is -3.73. The maximum atomic E-state index is 8.89. The molecule has 0 aromatic rings. The van der Waals surface area contributed by atoms with Crippen molar-refractivity contribution in [2.75, 3.05) is 0 Å². The van der Waals surface area contributed by atoms with Crippen LogP contribution in [-0.2, 0) is 14.4 Å². The quantitative estimate of drug-likeness (QED) is 0.383. The Morgan fingerprint density at radius 3 is 0.692 bits per heavy atom. The van der Waals surface area contributed by atoms with E-state index in [1.807, 2.05) is 0 Å². The summed E-state index contributed by atoms with van der Waals surface area (Å²) in [5, 5.41) is 26.7. The maximum absolute atomic E-state index is 8.89. The first-order valence-electron chi connectivity index (χ1n) is 2.72. The van der Waals surface area contributed by atoms with Crippen molar-refractivity contribution in [2.45, 2.75) is 20.8 Å². The average molecular weight is 439 g/mol. The molecule has 1 radical (unpaired) electrons. The Balaban J connectivity index is -0.0000000450. The van der Waals surface area contributed by atoms with E-state index >= 15 is 0 Å². The SMILES string of the molecule is CC(=O)[O-].CC(=O)[O-].CC(=O)[O-].[Lr]. The Morgan fingerprint density at radius 2 is 0.692 bits per heavy atom. The Bertz CT molecular complexity index is 115. The summed E-state index contributed by atoms with van der Waals surface area (Å²) in [4.78, 5) is 26.7. The molecule has 0 fully saturated rings. The van der Waals surface area contributed by atoms with Crippen molar-refractivity contribution in [3.05, 3.63) is 0 Å². The van der Waals surface area contributed by atoms with E-state index in [0.717, 1.165) is 20.8 Å². The Morgan fingerprint density at radius 1 is 0.692 bits per heavy atom. The standard InChI is InChI=1S/3C2H4O2.Lr/c3*1-2(3)4;/h3*1H3,(H,3,4);/p-3. The van der Waals surface area contributed by atoms with Crippen molar-refractivity contribution in [3.63, 3.8) is 0 Å². The summed E-state index contributed by atoms with van der Waals surface area (Å²) in [6.45, 7) is 2.92. The van der Waals surface area contributed by atoms with Gasteiger partial charge in [-0.15, -0.1) is 0 Å². The second kappa shape index (κ2) is 16.2. The summed E-state index contributed by atoms with van der Waals surface area (Å²) < 4.78 is 0. The third kappa shape index (κ3) is 77.0. The van der Waals surface area contributed by atoms with Gasteiger partial charge in [0.25, 0.3) is 0 Å². The van der Waals surface area contributed by atoms with E-state index in [9.17, 15) is 0 Å². The molecule has 0 saturated heterocycles. The Hall–Kier alpha value is -2.59. The van der Waals surface area contributed by atoms with Gasteiger partial charge in [0.1, 0.15) is 0 Å². The summed E-state index contributed by atoms with van der Waals surface area (Å²) in [5.74, 6) is -3.25. The second-order valence-corrected chi connectivity index (χ2v) is 1.47. The number of carbonyl (C=O) groups is 3. The molecule has 0 saturated carbocycles. The van der Waals surface area contributed by atoms with Crippen molar-refractivity contribution in [2.24, 2.45) is 0 Å². The smallest absolute Gasteiger partial charge is 0.0383 e. The van der Waals surface area contributed by atoms with Crippen LogP contribution in [0.15, 0.2) is 0 Å². The van der Waals surface area contributed by atoms with Crippen LogP contribution < -0.4 is 15.3 Å². The molecule has 0 aliphatic rings. The van der Waals surface area contributed by atoms with Crippen molar-refractivity contribution >= 4 is 17.9 Å². The molecule has 0 aromatic carbocycles. The molecule has 0 aromatic heterocycles. The van der Waals surface area contributed by atoms with Crippen LogP contribution in [0.3, 0.4) is 0 Å². The predicted molar refractivity (Wildman–Crippen MR) is 32.0 cm³/mol. The molecule has 0 amide bonds. The molecule has 0 aliphatic carbocycles. The van der Waals surface area contributed by atoms with Gasteiger partial charge in [0.2, 0.25) is 0 Å². The zero-order valence-corrected chi connectivity index (χ0v) is 9.36. The van der Waals surface area contributed by atoms with Gasteiger partial charge in [0, 0.05) is 17.9 Å². The number of hydrogen-bond donors (Lipinski definition) is 0. The largest absolute Gasteiger partial charge is 0.550 e. The first kappa shape index (κ1) is 22.4. The Labute approximate surface area is 69.4 Å². The van der Waals surface area contributed by atoms with Gasteiger partial charge >= 0.3 is 0 Å². The zero-order chi connectivity index (χ0) is 10.7. The van der Waals surface area contributed by atoms with Crippen LogP contribution in [0.25, 0.3) is 0 Å². The summed E-state index contributed by atoms with van der Waals surface area (Å²) >= 11 is 0. The van der Waals surface area contributed by atoms with E-state index in [1.54, 1.807) is 0 Å². The summed E-state index contributed by atoms with van der Waals surface area (Å²) in [6, 6.07) is 0. The Kier molecular flexibility index (Phi) is 28.0. The fraction of sp³-hybridized carbons (Fsp3) is 0.500. The fourth-order valence-corrected chi connectivity index (χ4v) is 0. The number of aliphatic carboxylic acids is 3. The summed E-state index contributed by atoms with van der Waals surface area (Å²) in [5.41, 5.74) is 0. The monoisotopic (exact) mass is 439 g/mol. The van der Waals surface area contributed by atoms with E-state index in [-0.39, 0.29) is 0 Å². The van der Waals surface area contributed by atoms with Gasteiger partial charge in [-0.3, -0.25) is 0 Å². The van der Waals surface area contributed by atoms with E-state index in [1.165, 1.54) is 0 Å². The number of carboxylic acids is 3. The molecule has 13 heavy (non-hydrogen) atoms. The van der Waals surface area contributed by atoms with Crippen LogP contribution in [0.2, 0.25) is 0 Å². The van der Waals surface area contributed by atoms with Gasteiger partial charge in [-0.05, 0) is 20.8 Å². The topological polar surface area (TPSA) is 120 Å². The molecule has 0 aliphatic heterocycles. The van der Waals surface area contributed by atoms with Crippen LogP contribution in [0, 0.1) is 0 Å². The first-order valence-corrected chi connectivity index (χ1v) is 2.72. The van der Waals surface area contributed by atoms with Crippen molar-refractivity contribution in [3.8, 4) is 0 Å². The molecule has 87 valence electrons. The van der Waals surface area contributed by atoms with E-state index in [4.69, 9.17) is 29.7 Å². The van der Waals surface area contributed by atoms with Crippen LogP contribution in [0.1, 0.15) is 20.8 Å². The van der Waals surface area contributed by atoms with Gasteiger partial charge in [-0.1, -0.05) is 0 Å². The van der Waals surface area contributed by atoms with Crippen molar-refractivity contribution in [1.29, 1.82) is 0 Å². The number of carbonyl (C=O) groups excluding carboxylic acids is 3. The fourth-order valence-electron chi connectivity index (χ4n) is 0. The number of hydrogen-bond acceptors (Lipinski definition) is 6. The van der Waals surface area contributed by atoms with Gasteiger partial charge in [-0.2, -0.15) is 0 Å². The molecule has 6 nitrogen and oxygen atoms in total. The van der Waals surface area contributed by atoms with Gasteiger partial charge < -0.3 is 29.7 Å². The summed E-state index contributed by atoms with van der Waals surface area (Å²) in [6.07, 6.45) is 0. The molecule has 0 spiro atoms. The average Bonchev–Trinajstić information content (AvgIpc) is 1.54. The minimum atomic E-state index is -1.08. The van der Waals surface area contributed by atoms with Crippen LogP contribution in [-0.4, -0.2) is 17.9 Å². The molecule has 7 heteroatoms. The maximum Gasteiger partial charge on any atom is 0.0383 e. The molecule has 0 unspecified atom stereocenters. The third-order valence-corrected chi connectivity index (χ3v) is 0. The van der Waals surface area contributed by atoms with E-state index in [2.05, 4.69) is 0 Å². The van der Waals surface area contributed by atoms with Crippen molar-refractivity contribution in [1.82, 2.24) is 0 Å². The number of carboxylic acid groups (broad SMARTS) is 3. The molecule has 0 N–H and O–H groups in total. The van der Waals surface area contributed by atoms with Crippen LogP contribution in [0.5, 0.6) is 0 Å². The van der Waals surface area contributed by atoms with Crippen LogP contribution in [0.4, 0.5) is 0 Å². The third-order valence-electron chi connectivity index (χ3n) is 0.